The molecule has 1 unspecified atom stereocenters. The van der Waals surface area contributed by atoms with Crippen LogP contribution in [-0.4, -0.2) is 98.3 Å². The van der Waals surface area contributed by atoms with Crippen molar-refractivity contribution >= 4 is 40.9 Å². The molecule has 2 saturated heterocycles. The third kappa shape index (κ3) is 11.2. The second-order valence-corrected chi connectivity index (χ2v) is 15.7. The number of hydrogen-bond donors (Lipinski definition) is 4. The molecule has 3 aliphatic heterocycles. The number of carbonyl (C=O) groups excluding carboxylic acids is 5. The zero-order valence-corrected chi connectivity index (χ0v) is 34.0. The zero-order valence-electron chi connectivity index (χ0n) is 34.0. The first-order valence-corrected chi connectivity index (χ1v) is 21.0. The lowest BCUT2D eigenvalue weighted by atomic mass is 10.0. The predicted octanol–water partition coefficient (Wildman–Crippen LogP) is 5.25. The van der Waals surface area contributed by atoms with Gasteiger partial charge in [0, 0.05) is 70.5 Å². The third-order valence-corrected chi connectivity index (χ3v) is 11.2. The first-order valence-electron chi connectivity index (χ1n) is 21.0. The maximum Gasteiger partial charge on any atom is 0.264 e. The predicted molar refractivity (Wildman–Crippen MR) is 225 cm³/mol. The molecule has 3 aliphatic rings. The molecule has 2 fully saturated rings. The Balaban J connectivity index is 0.785. The smallest absolute Gasteiger partial charge is 0.264 e. The van der Waals surface area contributed by atoms with Crippen molar-refractivity contribution in [1.29, 1.82) is 0 Å². The van der Waals surface area contributed by atoms with Gasteiger partial charge in [0.2, 0.25) is 17.7 Å². The lowest BCUT2D eigenvalue weighted by Gasteiger charge is -2.33. The summed E-state index contributed by atoms with van der Waals surface area (Å²) in [6.07, 6.45) is 8.22. The van der Waals surface area contributed by atoms with Crippen LogP contribution in [0.5, 0.6) is 5.75 Å². The van der Waals surface area contributed by atoms with Crippen LogP contribution in [0.25, 0.3) is 0 Å². The van der Waals surface area contributed by atoms with Gasteiger partial charge < -0.3 is 30.5 Å². The number of ether oxygens (including phenoxy) is 1. The Hall–Kier alpha value is -5.27. The summed E-state index contributed by atoms with van der Waals surface area (Å²) in [5.74, 6) is -1.01. The topological polar surface area (TPSA) is 152 Å². The monoisotopic (exact) mass is 793 g/mol. The van der Waals surface area contributed by atoms with E-state index < -0.39 is 29.7 Å². The van der Waals surface area contributed by atoms with Gasteiger partial charge >= 0.3 is 0 Å². The Morgan fingerprint density at radius 3 is 2.28 bits per heavy atom. The second kappa shape index (κ2) is 20.9. The third-order valence-electron chi connectivity index (χ3n) is 11.2. The van der Waals surface area contributed by atoms with Crippen molar-refractivity contribution in [3.05, 3.63) is 89.0 Å². The van der Waals surface area contributed by atoms with Crippen LogP contribution < -0.4 is 30.9 Å². The van der Waals surface area contributed by atoms with Crippen LogP contribution in [0.4, 0.5) is 11.4 Å². The summed E-state index contributed by atoms with van der Waals surface area (Å²) in [7, 11) is 4.15. The van der Waals surface area contributed by atoms with E-state index >= 15 is 0 Å². The fourth-order valence-electron chi connectivity index (χ4n) is 7.98. The molecule has 0 aromatic heterocycles. The van der Waals surface area contributed by atoms with E-state index in [4.69, 9.17) is 4.74 Å². The highest BCUT2D eigenvalue weighted by atomic mass is 16.5. The van der Waals surface area contributed by atoms with Gasteiger partial charge in [-0.3, -0.25) is 34.2 Å². The normalized spacial score (nSPS) is 17.0. The first kappa shape index (κ1) is 42.3. The number of rotatable bonds is 21. The molecule has 0 aliphatic carbocycles. The van der Waals surface area contributed by atoms with Crippen molar-refractivity contribution < 1.29 is 28.7 Å². The fourth-order valence-corrected chi connectivity index (χ4v) is 7.98. The van der Waals surface area contributed by atoms with Crippen LogP contribution in [0.2, 0.25) is 0 Å². The molecule has 0 bridgehead atoms. The molecular weight excluding hydrogens is 735 g/mol. The highest BCUT2D eigenvalue weighted by Crippen LogP contribution is 2.33. The van der Waals surface area contributed by atoms with Crippen LogP contribution in [0, 0.1) is 0 Å². The van der Waals surface area contributed by atoms with Crippen LogP contribution in [0.1, 0.15) is 102 Å². The van der Waals surface area contributed by atoms with E-state index in [1.165, 1.54) is 16.8 Å². The molecule has 3 aromatic rings. The number of para-hydroxylation sites is 1. The second-order valence-electron chi connectivity index (χ2n) is 15.7. The Labute approximate surface area is 342 Å². The first-order chi connectivity index (χ1) is 28.2. The van der Waals surface area contributed by atoms with Gasteiger partial charge in [-0.2, -0.15) is 0 Å². The number of benzene rings is 3. The van der Waals surface area contributed by atoms with Crippen molar-refractivity contribution in [1.82, 2.24) is 25.8 Å². The van der Waals surface area contributed by atoms with Gasteiger partial charge in [-0.05, 0) is 93.1 Å². The Kier molecular flexibility index (Phi) is 15.3. The number of amides is 5. The van der Waals surface area contributed by atoms with Crippen LogP contribution in [-0.2, 0) is 27.5 Å². The van der Waals surface area contributed by atoms with Crippen molar-refractivity contribution in [2.24, 2.45) is 0 Å². The highest BCUT2D eigenvalue weighted by Gasteiger charge is 2.45. The summed E-state index contributed by atoms with van der Waals surface area (Å²) in [4.78, 5) is 68.7. The number of nitrogens with one attached hydrogen (secondary N) is 4. The van der Waals surface area contributed by atoms with Gasteiger partial charge in [-0.1, -0.05) is 55.7 Å². The summed E-state index contributed by atoms with van der Waals surface area (Å²) >= 11 is 0. The number of carbonyl (C=O) groups is 5. The minimum Gasteiger partial charge on any atom is -0.494 e. The standard InChI is InChI=1S/C45H59N7O6/c1-50(2)38-15-8-7-12-33(38)31-47-26-11-25-46-30-32-17-19-35(20-18-32)58-29-9-5-3-4-6-16-41(54)51-27-23-34(24-28-51)48-37-14-10-13-36-42(37)45(57)52(44(36)56)39-21-22-40(53)49-43(39)55/h7-8,10,12-15,17-20,34,39,46-48H,3-6,9,11,16,21-31H2,1-2H3,(H,49,53,55). The van der Waals surface area contributed by atoms with E-state index in [1.54, 1.807) is 18.2 Å². The summed E-state index contributed by atoms with van der Waals surface area (Å²) in [6.45, 7) is 5.56. The molecule has 0 saturated carbocycles. The lowest BCUT2D eigenvalue weighted by Crippen LogP contribution is -2.54. The van der Waals surface area contributed by atoms with Gasteiger partial charge in [0.05, 0.1) is 17.7 Å². The number of unbranched alkanes of at least 4 members (excludes halogenated alkanes) is 4. The average Bonchev–Trinajstić information content (AvgIpc) is 3.48. The Morgan fingerprint density at radius 1 is 0.793 bits per heavy atom. The van der Waals surface area contributed by atoms with Gasteiger partial charge in [-0.15, -0.1) is 0 Å². The number of fused-ring (bicyclic) bond motifs is 1. The highest BCUT2D eigenvalue weighted by molar-refractivity contribution is 6.25. The van der Waals surface area contributed by atoms with Gasteiger partial charge in [0.1, 0.15) is 11.8 Å². The van der Waals surface area contributed by atoms with Crippen molar-refractivity contribution in [3.8, 4) is 5.75 Å². The van der Waals surface area contributed by atoms with Crippen LogP contribution >= 0.6 is 0 Å². The number of hydrogen-bond acceptors (Lipinski definition) is 10. The van der Waals surface area contributed by atoms with E-state index in [-0.39, 0.29) is 35.9 Å². The Morgan fingerprint density at radius 2 is 1.52 bits per heavy atom. The molecule has 0 spiro atoms. The maximum absolute atomic E-state index is 13.4. The molecule has 310 valence electrons. The van der Waals surface area contributed by atoms with E-state index in [0.717, 1.165) is 88.2 Å². The van der Waals surface area contributed by atoms with Crippen LogP contribution in [0.15, 0.2) is 66.7 Å². The van der Waals surface area contributed by atoms with Crippen molar-refractivity contribution in [3.63, 3.8) is 0 Å². The number of piperidine rings is 2. The largest absolute Gasteiger partial charge is 0.494 e. The molecular formula is C45H59N7O6. The summed E-state index contributed by atoms with van der Waals surface area (Å²) in [5.41, 5.74) is 4.87. The van der Waals surface area contributed by atoms with Crippen molar-refractivity contribution in [2.45, 2.75) is 95.8 Å². The van der Waals surface area contributed by atoms with E-state index in [0.29, 0.717) is 31.8 Å². The number of anilines is 2. The van der Waals surface area contributed by atoms with E-state index in [9.17, 15) is 24.0 Å². The number of nitrogens with zero attached hydrogens (tertiary/aromatic N) is 3. The van der Waals surface area contributed by atoms with Gasteiger partial charge in [0.15, 0.2) is 0 Å². The molecule has 3 heterocycles. The van der Waals surface area contributed by atoms with Crippen molar-refractivity contribution in [2.75, 3.05) is 57.1 Å². The number of likely N-dealkylation sites (tertiary alicyclic amines) is 1. The molecule has 4 N–H and O–H groups in total. The molecule has 58 heavy (non-hydrogen) atoms. The van der Waals surface area contributed by atoms with Gasteiger partial charge in [-0.25, -0.2) is 0 Å². The van der Waals surface area contributed by atoms with Gasteiger partial charge in [0.25, 0.3) is 11.8 Å². The average molecular weight is 794 g/mol. The summed E-state index contributed by atoms with van der Waals surface area (Å²) in [5, 5.41) is 12.8. The Bertz CT molecular complexity index is 1890. The van der Waals surface area contributed by atoms with E-state index in [2.05, 4.69) is 76.7 Å². The van der Waals surface area contributed by atoms with Crippen LogP contribution in [0.3, 0.4) is 0 Å². The summed E-state index contributed by atoms with van der Waals surface area (Å²) in [6, 6.07) is 20.9. The molecule has 0 radical (unpaired) electrons. The molecule has 3 aromatic carbocycles. The SMILES string of the molecule is CN(C)c1ccccc1CNCCCNCc1ccc(OCCCCCCCC(=O)N2CCC(Nc3cccc4c3C(=O)N(C3CCC(=O)NC3=O)C4=O)CC2)cc1. The summed E-state index contributed by atoms with van der Waals surface area (Å²) < 4.78 is 5.97. The fraction of sp³-hybridized carbons (Fsp3) is 0.489. The van der Waals surface area contributed by atoms with E-state index in [1.807, 2.05) is 17.0 Å². The lowest BCUT2D eigenvalue weighted by molar-refractivity contribution is -0.136. The molecule has 1 atom stereocenters. The molecule has 5 amide bonds. The zero-order chi connectivity index (χ0) is 40.9. The quantitative estimate of drug-likeness (QED) is 0.0832. The maximum atomic E-state index is 13.4. The molecule has 13 nitrogen and oxygen atoms in total. The minimum atomic E-state index is -1.00. The minimum absolute atomic E-state index is 0.0339. The molecule has 13 heteroatoms. The number of imide groups is 2. The molecule has 6 rings (SSSR count).